The third kappa shape index (κ3) is 10.00. The van der Waals surface area contributed by atoms with Gasteiger partial charge in [0.05, 0.1) is 29.4 Å². The van der Waals surface area contributed by atoms with Crippen LogP contribution < -0.4 is 19.5 Å². The molecule has 5 rings (SSSR count). The van der Waals surface area contributed by atoms with Crippen molar-refractivity contribution in [1.82, 2.24) is 15.2 Å². The lowest BCUT2D eigenvalue weighted by Crippen LogP contribution is -2.52. The number of aliphatic hydroxyl groups excluding tert-OH is 1. The Labute approximate surface area is 312 Å². The average Bonchev–Trinajstić information content (AvgIpc) is 3.68. The van der Waals surface area contributed by atoms with E-state index in [2.05, 4.69) is 15.2 Å². The van der Waals surface area contributed by atoms with Gasteiger partial charge in [0.2, 0.25) is 0 Å². The molecule has 1 aliphatic heterocycles. The average molecular weight is 749 g/mol. The molecule has 13 heteroatoms. The molecule has 3 aromatic carbocycles. The van der Waals surface area contributed by atoms with E-state index in [4.69, 9.17) is 25.8 Å². The lowest BCUT2D eigenvalue weighted by Gasteiger charge is -2.25. The molecule has 1 saturated heterocycles. The minimum atomic E-state index is -2.76. The first-order valence-corrected chi connectivity index (χ1v) is 17.8. The number of aliphatic hydroxyl groups is 1. The van der Waals surface area contributed by atoms with Crippen LogP contribution in [0.4, 0.5) is 8.78 Å². The highest BCUT2D eigenvalue weighted by Crippen LogP contribution is 2.40. The number of carbonyl (C=O) groups is 1. The first-order valence-electron chi connectivity index (χ1n) is 17.4. The first kappa shape index (κ1) is 39.4. The Bertz CT molecular complexity index is 1930. The van der Waals surface area contributed by atoms with Crippen molar-refractivity contribution in [2.45, 2.75) is 64.8 Å². The second kappa shape index (κ2) is 18.3. The van der Waals surface area contributed by atoms with Crippen molar-refractivity contribution in [3.05, 3.63) is 105 Å². The van der Waals surface area contributed by atoms with Gasteiger partial charge in [-0.3, -0.25) is 15.1 Å². The van der Waals surface area contributed by atoms with Crippen molar-refractivity contribution >= 4 is 17.6 Å². The molecular formula is C40H43ClF2N4O6. The molecule has 1 fully saturated rings. The van der Waals surface area contributed by atoms with E-state index >= 15 is 0 Å². The van der Waals surface area contributed by atoms with Crippen molar-refractivity contribution in [2.24, 2.45) is 0 Å². The van der Waals surface area contributed by atoms with Crippen LogP contribution in [0.15, 0.2) is 67.0 Å². The van der Waals surface area contributed by atoms with E-state index in [0.29, 0.717) is 40.2 Å². The fraction of sp³-hybridized carbons (Fsp3) is 0.375. The summed E-state index contributed by atoms with van der Waals surface area (Å²) in [5.74, 6) is -0.487. The smallest absolute Gasteiger partial charge is 0.326 e. The molecule has 2 heterocycles. The van der Waals surface area contributed by atoms with Gasteiger partial charge in [0.1, 0.15) is 42.1 Å². The number of ether oxygens (including phenoxy) is 3. The minimum Gasteiger partial charge on any atom is -0.493 e. The van der Waals surface area contributed by atoms with Gasteiger partial charge in [-0.25, -0.2) is 8.78 Å². The standard InChI is InChI=1S/C40H43ClF2N4O6/c1-26-29(8-5-9-31(26)32-10-6-11-34(37(32)38(42)43)51-15-7-14-47-12-3-4-13-47)24-53-36-18-35(52-23-28-16-27(19-44)20-45-21-28)30(17-33(36)41)22-46-40(2,25-48)39(49)50/h5-6,8-11,16-18,20-21,38,46,48H,3-4,7,12-15,22-25H2,1-2H3,(H,49,50)/t40-/m0/s1. The Morgan fingerprint density at radius 2 is 1.75 bits per heavy atom. The summed E-state index contributed by atoms with van der Waals surface area (Å²) in [4.78, 5) is 18.2. The second-order valence-corrected chi connectivity index (χ2v) is 13.6. The zero-order valence-corrected chi connectivity index (χ0v) is 30.5. The van der Waals surface area contributed by atoms with E-state index in [1.165, 1.54) is 26.0 Å². The van der Waals surface area contributed by atoms with Crippen LogP contribution in [0.5, 0.6) is 17.2 Å². The summed E-state index contributed by atoms with van der Waals surface area (Å²) in [5.41, 5.74) is 2.18. The van der Waals surface area contributed by atoms with Gasteiger partial charge in [-0.1, -0.05) is 41.9 Å². The van der Waals surface area contributed by atoms with E-state index in [0.717, 1.165) is 37.2 Å². The molecular weight excluding hydrogens is 706 g/mol. The van der Waals surface area contributed by atoms with Crippen LogP contribution in [0.25, 0.3) is 11.1 Å². The molecule has 0 aliphatic carbocycles. The number of likely N-dealkylation sites (tertiary alicyclic amines) is 1. The van der Waals surface area contributed by atoms with Gasteiger partial charge in [-0.05, 0) is 86.7 Å². The van der Waals surface area contributed by atoms with Crippen molar-refractivity contribution in [1.29, 1.82) is 5.26 Å². The molecule has 0 bridgehead atoms. The summed E-state index contributed by atoms with van der Waals surface area (Å²) < 4.78 is 47.5. The summed E-state index contributed by atoms with van der Waals surface area (Å²) in [5, 5.41) is 31.7. The zero-order chi connectivity index (χ0) is 38.0. The molecule has 1 atom stereocenters. The van der Waals surface area contributed by atoms with E-state index < -0.39 is 24.5 Å². The molecule has 0 spiro atoms. The first-order chi connectivity index (χ1) is 25.5. The largest absolute Gasteiger partial charge is 0.493 e. The number of alkyl halides is 2. The van der Waals surface area contributed by atoms with Crippen LogP contribution >= 0.6 is 11.6 Å². The van der Waals surface area contributed by atoms with Crippen molar-refractivity contribution in [2.75, 3.05) is 32.8 Å². The number of nitrogens with zero attached hydrogens (tertiary/aromatic N) is 3. The Hall–Kier alpha value is -4.80. The maximum Gasteiger partial charge on any atom is 0.326 e. The molecule has 0 amide bonds. The number of hydrogen-bond acceptors (Lipinski definition) is 9. The van der Waals surface area contributed by atoms with Crippen molar-refractivity contribution < 1.29 is 38.0 Å². The molecule has 10 nitrogen and oxygen atoms in total. The van der Waals surface area contributed by atoms with Crippen molar-refractivity contribution in [3.63, 3.8) is 0 Å². The number of rotatable bonds is 18. The molecule has 0 unspecified atom stereocenters. The van der Waals surface area contributed by atoms with E-state index in [1.54, 1.807) is 54.7 Å². The highest BCUT2D eigenvalue weighted by Gasteiger charge is 2.32. The van der Waals surface area contributed by atoms with E-state index in [9.17, 15) is 29.1 Å². The molecule has 1 aliphatic rings. The van der Waals surface area contributed by atoms with Crippen LogP contribution in [0.3, 0.4) is 0 Å². The van der Waals surface area contributed by atoms with Gasteiger partial charge in [-0.2, -0.15) is 5.26 Å². The predicted octanol–water partition coefficient (Wildman–Crippen LogP) is 7.47. The van der Waals surface area contributed by atoms with Gasteiger partial charge in [0.25, 0.3) is 6.43 Å². The number of halogens is 3. The number of carboxylic acid groups (broad SMARTS) is 1. The summed E-state index contributed by atoms with van der Waals surface area (Å²) in [6.45, 7) is 5.95. The number of carboxylic acids is 1. The van der Waals surface area contributed by atoms with Gasteiger partial charge in [0, 0.05) is 42.7 Å². The fourth-order valence-electron chi connectivity index (χ4n) is 6.13. The van der Waals surface area contributed by atoms with Crippen LogP contribution in [-0.4, -0.2) is 64.5 Å². The third-order valence-corrected chi connectivity index (χ3v) is 9.66. The van der Waals surface area contributed by atoms with E-state index in [1.807, 2.05) is 19.1 Å². The summed E-state index contributed by atoms with van der Waals surface area (Å²) in [6, 6.07) is 17.3. The maximum absolute atomic E-state index is 14.6. The molecule has 53 heavy (non-hydrogen) atoms. The highest BCUT2D eigenvalue weighted by atomic mass is 35.5. The number of nitrogens with one attached hydrogen (secondary N) is 1. The lowest BCUT2D eigenvalue weighted by molar-refractivity contribution is -0.145. The molecule has 0 saturated carbocycles. The van der Waals surface area contributed by atoms with Crippen molar-refractivity contribution in [3.8, 4) is 34.4 Å². The fourth-order valence-corrected chi connectivity index (χ4v) is 6.37. The monoisotopic (exact) mass is 748 g/mol. The topological polar surface area (TPSA) is 137 Å². The predicted molar refractivity (Wildman–Crippen MR) is 196 cm³/mol. The number of pyridine rings is 1. The Balaban J connectivity index is 1.37. The summed E-state index contributed by atoms with van der Waals surface area (Å²) in [7, 11) is 0. The number of nitriles is 1. The van der Waals surface area contributed by atoms with Gasteiger partial charge in [-0.15, -0.1) is 0 Å². The third-order valence-electron chi connectivity index (χ3n) is 9.37. The molecule has 1 aromatic heterocycles. The maximum atomic E-state index is 14.6. The van der Waals surface area contributed by atoms with Crippen LogP contribution in [0.2, 0.25) is 5.02 Å². The number of hydrogen-bond donors (Lipinski definition) is 3. The van der Waals surface area contributed by atoms with Crippen LogP contribution in [-0.2, 0) is 24.6 Å². The summed E-state index contributed by atoms with van der Waals surface area (Å²) >= 11 is 6.68. The van der Waals surface area contributed by atoms with Crippen LogP contribution in [0.1, 0.15) is 66.0 Å². The number of aliphatic carboxylic acids is 1. The zero-order valence-electron chi connectivity index (χ0n) is 29.7. The van der Waals surface area contributed by atoms with E-state index in [-0.39, 0.29) is 41.8 Å². The normalized spacial score (nSPS) is 14.2. The highest BCUT2D eigenvalue weighted by molar-refractivity contribution is 6.32. The molecule has 4 aromatic rings. The quantitative estimate of drug-likeness (QED) is 0.0880. The van der Waals surface area contributed by atoms with Gasteiger partial charge < -0.3 is 29.3 Å². The Kier molecular flexibility index (Phi) is 13.6. The Morgan fingerprint density at radius 3 is 2.47 bits per heavy atom. The van der Waals surface area contributed by atoms with Gasteiger partial charge >= 0.3 is 5.97 Å². The van der Waals surface area contributed by atoms with Crippen LogP contribution in [0, 0.1) is 18.3 Å². The summed E-state index contributed by atoms with van der Waals surface area (Å²) in [6.07, 6.45) is 3.37. The number of benzene rings is 3. The number of aromatic nitrogens is 1. The lowest BCUT2D eigenvalue weighted by atomic mass is 9.93. The molecule has 3 N–H and O–H groups in total. The van der Waals surface area contributed by atoms with Gasteiger partial charge in [0.15, 0.2) is 0 Å². The molecule has 280 valence electrons. The Morgan fingerprint density at radius 1 is 1.02 bits per heavy atom. The molecule has 0 radical (unpaired) electrons. The SMILES string of the molecule is Cc1c(COc2cc(OCc3cncc(C#N)c3)c(CN[C@@](C)(CO)C(=O)O)cc2Cl)cccc1-c1cccc(OCCCN2CCCC2)c1C(F)F. The minimum absolute atomic E-state index is 0.0238. The second-order valence-electron chi connectivity index (χ2n) is 13.2.